The van der Waals surface area contributed by atoms with Gasteiger partial charge in [0.1, 0.15) is 0 Å². The van der Waals surface area contributed by atoms with Gasteiger partial charge in [0.25, 0.3) is 0 Å². The van der Waals surface area contributed by atoms with Crippen LogP contribution in [0.5, 0.6) is 0 Å². The van der Waals surface area contributed by atoms with Gasteiger partial charge < -0.3 is 5.32 Å². The van der Waals surface area contributed by atoms with Crippen molar-refractivity contribution in [1.82, 2.24) is 24.9 Å². The van der Waals surface area contributed by atoms with Gasteiger partial charge >= 0.3 is 0 Å². The van der Waals surface area contributed by atoms with E-state index in [4.69, 9.17) is 0 Å². The summed E-state index contributed by atoms with van der Waals surface area (Å²) in [6, 6.07) is 2.51. The Morgan fingerprint density at radius 2 is 2.10 bits per heavy atom. The molecule has 0 spiro atoms. The highest BCUT2D eigenvalue weighted by Crippen LogP contribution is 2.19. The van der Waals surface area contributed by atoms with E-state index in [9.17, 15) is 0 Å². The average Bonchev–Trinajstić information content (AvgIpc) is 3.09. The molecular weight excluding hydrogens is 262 g/mol. The molecule has 1 N–H and O–H groups in total. The van der Waals surface area contributed by atoms with Gasteiger partial charge in [-0.25, -0.2) is 0 Å². The van der Waals surface area contributed by atoms with Gasteiger partial charge in [0.05, 0.1) is 23.6 Å². The zero-order valence-corrected chi connectivity index (χ0v) is 13.6. The Balaban J connectivity index is 2.18. The van der Waals surface area contributed by atoms with E-state index in [1.165, 1.54) is 11.3 Å². The second-order valence-corrected chi connectivity index (χ2v) is 5.45. The number of hydrogen-bond acceptors (Lipinski definition) is 3. The summed E-state index contributed by atoms with van der Waals surface area (Å²) in [5.74, 6) is 0. The quantitative estimate of drug-likeness (QED) is 0.812. The second kappa shape index (κ2) is 7.41. The third kappa shape index (κ3) is 3.94. The largest absolute Gasteiger partial charge is 0.308 e. The zero-order valence-electron chi connectivity index (χ0n) is 13.6. The molecule has 116 valence electrons. The van der Waals surface area contributed by atoms with E-state index in [0.29, 0.717) is 0 Å². The van der Waals surface area contributed by atoms with Crippen molar-refractivity contribution >= 4 is 0 Å². The van der Waals surface area contributed by atoms with E-state index >= 15 is 0 Å². The van der Waals surface area contributed by atoms with Crippen LogP contribution < -0.4 is 5.32 Å². The van der Waals surface area contributed by atoms with Gasteiger partial charge in [-0.1, -0.05) is 13.8 Å². The van der Waals surface area contributed by atoms with Gasteiger partial charge in [-0.3, -0.25) is 9.36 Å². The van der Waals surface area contributed by atoms with Crippen LogP contribution in [-0.2, 0) is 26.4 Å². The van der Waals surface area contributed by atoms with E-state index in [2.05, 4.69) is 48.5 Å². The van der Waals surface area contributed by atoms with Crippen LogP contribution in [0.3, 0.4) is 0 Å². The van der Waals surface area contributed by atoms with Crippen LogP contribution in [-0.4, -0.2) is 26.1 Å². The third-order valence-corrected chi connectivity index (χ3v) is 3.78. The van der Waals surface area contributed by atoms with E-state index in [-0.39, 0.29) is 6.04 Å². The Hall–Kier alpha value is -1.62. The predicted octanol–water partition coefficient (Wildman–Crippen LogP) is 2.48. The van der Waals surface area contributed by atoms with Crippen LogP contribution in [0, 0.1) is 0 Å². The van der Waals surface area contributed by atoms with Gasteiger partial charge in [0, 0.05) is 19.8 Å². The van der Waals surface area contributed by atoms with Crippen molar-refractivity contribution in [3.63, 3.8) is 0 Å². The maximum Gasteiger partial charge on any atom is 0.0625 e. The lowest BCUT2D eigenvalue weighted by atomic mass is 10.1. The fourth-order valence-corrected chi connectivity index (χ4v) is 2.56. The number of aromatic nitrogens is 4. The second-order valence-electron chi connectivity index (χ2n) is 5.45. The maximum atomic E-state index is 4.58. The summed E-state index contributed by atoms with van der Waals surface area (Å²) in [4.78, 5) is 0. The molecule has 0 radical (unpaired) electrons. The summed E-state index contributed by atoms with van der Waals surface area (Å²) >= 11 is 0. The molecule has 2 aromatic rings. The molecule has 0 fully saturated rings. The number of hydrogen-bond donors (Lipinski definition) is 1. The smallest absolute Gasteiger partial charge is 0.0625 e. The topological polar surface area (TPSA) is 47.7 Å². The van der Waals surface area contributed by atoms with Crippen molar-refractivity contribution in [1.29, 1.82) is 0 Å². The van der Waals surface area contributed by atoms with Crippen LogP contribution in [0.15, 0.2) is 18.5 Å². The molecule has 0 amide bonds. The van der Waals surface area contributed by atoms with Crippen LogP contribution in [0.25, 0.3) is 0 Å². The number of nitrogens with zero attached hydrogens (tertiary/aromatic N) is 4. The van der Waals surface area contributed by atoms with E-state index in [0.717, 1.165) is 38.0 Å². The van der Waals surface area contributed by atoms with Gasteiger partial charge in [-0.2, -0.15) is 10.2 Å². The molecule has 5 nitrogen and oxygen atoms in total. The molecule has 0 bridgehead atoms. The van der Waals surface area contributed by atoms with Crippen molar-refractivity contribution in [3.05, 3.63) is 35.4 Å². The Morgan fingerprint density at radius 3 is 2.67 bits per heavy atom. The van der Waals surface area contributed by atoms with Crippen LogP contribution >= 0.6 is 0 Å². The van der Waals surface area contributed by atoms with Gasteiger partial charge in [0.2, 0.25) is 0 Å². The first-order valence-electron chi connectivity index (χ1n) is 7.95. The first kappa shape index (κ1) is 15.8. The summed E-state index contributed by atoms with van der Waals surface area (Å²) in [6.45, 7) is 8.38. The Kier molecular flexibility index (Phi) is 5.56. The van der Waals surface area contributed by atoms with E-state index < -0.39 is 0 Å². The molecule has 2 rings (SSSR count). The fourth-order valence-electron chi connectivity index (χ4n) is 2.56. The van der Waals surface area contributed by atoms with E-state index in [1.807, 2.05) is 22.6 Å². The molecule has 0 saturated heterocycles. The standard InChI is InChI=1S/C16H27N5/c1-5-8-17-15(9-13-11-18-21(7-3)12-13)16-10-14(6-2)19-20(16)4/h10-12,15,17H,5-9H2,1-4H3. The molecule has 0 saturated carbocycles. The fraction of sp³-hybridized carbons (Fsp3) is 0.625. The molecule has 0 aliphatic carbocycles. The molecule has 1 unspecified atom stereocenters. The summed E-state index contributed by atoms with van der Waals surface area (Å²) in [5, 5.41) is 12.6. The van der Waals surface area contributed by atoms with Crippen LogP contribution in [0.4, 0.5) is 0 Å². The molecule has 0 aromatic carbocycles. The molecule has 0 aliphatic rings. The normalized spacial score (nSPS) is 12.8. The number of aryl methyl sites for hydroxylation is 3. The lowest BCUT2D eigenvalue weighted by molar-refractivity contribution is 0.493. The minimum absolute atomic E-state index is 0.289. The summed E-state index contributed by atoms with van der Waals surface area (Å²) in [5.41, 5.74) is 3.68. The minimum Gasteiger partial charge on any atom is -0.308 e. The van der Waals surface area contributed by atoms with Crippen molar-refractivity contribution in [2.45, 2.75) is 52.6 Å². The lowest BCUT2D eigenvalue weighted by Gasteiger charge is -2.18. The predicted molar refractivity (Wildman–Crippen MR) is 85.2 cm³/mol. The number of rotatable bonds is 8. The molecule has 21 heavy (non-hydrogen) atoms. The van der Waals surface area contributed by atoms with Crippen molar-refractivity contribution in [2.24, 2.45) is 7.05 Å². The Morgan fingerprint density at radius 1 is 1.29 bits per heavy atom. The maximum absolute atomic E-state index is 4.58. The van der Waals surface area contributed by atoms with Crippen molar-refractivity contribution in [2.75, 3.05) is 6.54 Å². The zero-order chi connectivity index (χ0) is 15.2. The lowest BCUT2D eigenvalue weighted by Crippen LogP contribution is -2.26. The number of nitrogens with one attached hydrogen (secondary N) is 1. The third-order valence-electron chi connectivity index (χ3n) is 3.78. The molecule has 2 heterocycles. The van der Waals surface area contributed by atoms with Gasteiger partial charge in [-0.05, 0) is 44.4 Å². The Labute approximate surface area is 127 Å². The van der Waals surface area contributed by atoms with Gasteiger partial charge in [-0.15, -0.1) is 0 Å². The Bertz CT molecular complexity index is 555. The van der Waals surface area contributed by atoms with Crippen LogP contribution in [0.2, 0.25) is 0 Å². The summed E-state index contributed by atoms with van der Waals surface area (Å²) < 4.78 is 3.99. The average molecular weight is 289 g/mol. The monoisotopic (exact) mass is 289 g/mol. The summed E-state index contributed by atoms with van der Waals surface area (Å²) in [7, 11) is 2.03. The van der Waals surface area contributed by atoms with Crippen molar-refractivity contribution in [3.8, 4) is 0 Å². The molecule has 2 aromatic heterocycles. The van der Waals surface area contributed by atoms with Gasteiger partial charge in [0.15, 0.2) is 0 Å². The van der Waals surface area contributed by atoms with Crippen molar-refractivity contribution < 1.29 is 0 Å². The first-order valence-corrected chi connectivity index (χ1v) is 7.95. The van der Waals surface area contributed by atoms with Crippen LogP contribution in [0.1, 0.15) is 50.2 Å². The van der Waals surface area contributed by atoms with E-state index in [1.54, 1.807) is 0 Å². The minimum atomic E-state index is 0.289. The molecule has 5 heteroatoms. The SMILES string of the molecule is CCCNC(Cc1cnn(CC)c1)c1cc(CC)nn1C. The molecule has 1 atom stereocenters. The molecule has 0 aliphatic heterocycles. The first-order chi connectivity index (χ1) is 10.2. The highest BCUT2D eigenvalue weighted by Gasteiger charge is 2.17. The summed E-state index contributed by atoms with van der Waals surface area (Å²) in [6.07, 6.45) is 7.16. The highest BCUT2D eigenvalue weighted by atomic mass is 15.3. The highest BCUT2D eigenvalue weighted by molar-refractivity contribution is 5.18. The molecular formula is C16H27N5.